The number of allylic oxidation sites excluding steroid dienone is 5. The summed E-state index contributed by atoms with van der Waals surface area (Å²) in [5, 5.41) is 87.5. The monoisotopic (exact) mass is 1250 g/mol. The molecule has 0 saturated carbocycles. The predicted molar refractivity (Wildman–Crippen MR) is 360 cm³/mol. The van der Waals surface area contributed by atoms with Gasteiger partial charge in [-0.2, -0.15) is 0 Å². The standard InChI is InChI=1S/C74H139NO13/c1-3-5-7-9-11-13-15-17-19-21-23-25-27-29-31-32-33-35-37-39-41-43-45-47-49-51-53-55-57-63(78)62(61-85-73-71(84)69(82)72(65(60-77)87-73)88-74-70(83)68(81)67(80)64(59-76)86-74)75-66(79)58-56-54-52-50-48-46-44-42-40-38-36-34-30-28-26-24-22-20-18-16-14-12-10-8-6-4-2/h39,41,47,49,55,57,62-65,67-74,76-78,80-84H,3-38,40,42-46,48,50-54,56,58-61H2,1-2H3,(H,75,79)/b41-39+,49-47+,57-55+. The molecule has 2 heterocycles. The number of ether oxygens (including phenoxy) is 4. The Morgan fingerprint density at radius 1 is 0.398 bits per heavy atom. The van der Waals surface area contributed by atoms with Crippen LogP contribution in [0, 0.1) is 0 Å². The quantitative estimate of drug-likeness (QED) is 0.0204. The van der Waals surface area contributed by atoms with E-state index in [4.69, 9.17) is 18.9 Å². The number of rotatable bonds is 62. The molecule has 2 aliphatic rings. The molecule has 2 saturated heterocycles. The highest BCUT2D eigenvalue weighted by atomic mass is 16.7. The van der Waals surface area contributed by atoms with E-state index < -0.39 is 86.8 Å². The van der Waals surface area contributed by atoms with Crippen molar-refractivity contribution in [1.82, 2.24) is 5.32 Å². The predicted octanol–water partition coefficient (Wildman–Crippen LogP) is 15.7. The minimum atomic E-state index is -1.79. The number of carbonyl (C=O) groups is 1. The van der Waals surface area contributed by atoms with Crippen molar-refractivity contribution in [2.45, 2.75) is 408 Å². The molecule has 2 rings (SSSR count). The summed E-state index contributed by atoms with van der Waals surface area (Å²) in [6.45, 7) is 2.83. The number of hydrogen-bond acceptors (Lipinski definition) is 13. The van der Waals surface area contributed by atoms with Gasteiger partial charge in [0.05, 0.1) is 32.0 Å². The normalized spacial score (nSPS) is 23.3. The van der Waals surface area contributed by atoms with Crippen LogP contribution in [0.15, 0.2) is 36.5 Å². The molecular formula is C74H139NO13. The van der Waals surface area contributed by atoms with Gasteiger partial charge in [0.25, 0.3) is 0 Å². The molecule has 12 atom stereocenters. The maximum Gasteiger partial charge on any atom is 0.220 e. The van der Waals surface area contributed by atoms with Crippen molar-refractivity contribution in [3.63, 3.8) is 0 Å². The average molecular weight is 1250 g/mol. The zero-order valence-electron chi connectivity index (χ0n) is 56.5. The average Bonchev–Trinajstić information content (AvgIpc) is 2.54. The van der Waals surface area contributed by atoms with Crippen molar-refractivity contribution < 1.29 is 64.6 Å². The topological polar surface area (TPSA) is 228 Å². The Morgan fingerprint density at radius 2 is 0.727 bits per heavy atom. The van der Waals surface area contributed by atoms with Gasteiger partial charge < -0.3 is 65.1 Å². The number of amides is 1. The second-order valence-electron chi connectivity index (χ2n) is 26.4. The molecule has 0 aromatic rings. The van der Waals surface area contributed by atoms with Crippen LogP contribution in [0.5, 0.6) is 0 Å². The number of aliphatic hydroxyl groups excluding tert-OH is 8. The molecule has 0 radical (unpaired) electrons. The molecule has 0 spiro atoms. The van der Waals surface area contributed by atoms with Gasteiger partial charge in [-0.1, -0.05) is 320 Å². The molecule has 518 valence electrons. The summed E-state index contributed by atoms with van der Waals surface area (Å²) in [5.41, 5.74) is 0. The summed E-state index contributed by atoms with van der Waals surface area (Å²) >= 11 is 0. The van der Waals surface area contributed by atoms with Crippen LogP contribution < -0.4 is 5.32 Å². The Morgan fingerprint density at radius 3 is 1.11 bits per heavy atom. The molecule has 0 bridgehead atoms. The van der Waals surface area contributed by atoms with Gasteiger partial charge in [0.2, 0.25) is 5.91 Å². The third-order valence-electron chi connectivity index (χ3n) is 18.3. The van der Waals surface area contributed by atoms with Crippen LogP contribution in [0.4, 0.5) is 0 Å². The van der Waals surface area contributed by atoms with E-state index in [9.17, 15) is 45.6 Å². The maximum atomic E-state index is 13.3. The Hall–Kier alpha value is -1.79. The van der Waals surface area contributed by atoms with Crippen molar-refractivity contribution in [2.75, 3.05) is 19.8 Å². The van der Waals surface area contributed by atoms with Crippen LogP contribution in [0.25, 0.3) is 0 Å². The van der Waals surface area contributed by atoms with Crippen LogP contribution in [0.2, 0.25) is 0 Å². The fourth-order valence-electron chi connectivity index (χ4n) is 12.4. The summed E-state index contributed by atoms with van der Waals surface area (Å²) < 4.78 is 22.9. The summed E-state index contributed by atoms with van der Waals surface area (Å²) in [4.78, 5) is 13.3. The molecule has 88 heavy (non-hydrogen) atoms. The Balaban J connectivity index is 1.68. The van der Waals surface area contributed by atoms with E-state index in [1.165, 1.54) is 257 Å². The molecule has 2 fully saturated rings. The maximum absolute atomic E-state index is 13.3. The van der Waals surface area contributed by atoms with E-state index in [1.807, 2.05) is 6.08 Å². The SMILES string of the molecule is CCCCCCCCCCCCCCCCCCCC/C=C/CC/C=C/CC/C=C/C(O)C(COC1OC(CO)C(OC2OC(CO)C(O)C(O)C2O)C(O)C1O)NC(=O)CCCCCCCCCCCCCCCCCCCCCCCCCCCC. The number of nitrogens with one attached hydrogen (secondary N) is 1. The zero-order chi connectivity index (χ0) is 63.8. The van der Waals surface area contributed by atoms with Crippen molar-refractivity contribution >= 4 is 5.91 Å². The van der Waals surface area contributed by atoms with Crippen molar-refractivity contribution in [3.8, 4) is 0 Å². The lowest BCUT2D eigenvalue weighted by atomic mass is 9.97. The van der Waals surface area contributed by atoms with E-state index in [-0.39, 0.29) is 18.9 Å². The minimum Gasteiger partial charge on any atom is -0.394 e. The smallest absolute Gasteiger partial charge is 0.220 e. The molecule has 0 aromatic carbocycles. The number of unbranched alkanes of at least 4 members (excludes halogenated alkanes) is 45. The van der Waals surface area contributed by atoms with Crippen molar-refractivity contribution in [1.29, 1.82) is 0 Å². The molecule has 14 heteroatoms. The first-order valence-corrected chi connectivity index (χ1v) is 37.2. The number of carbonyl (C=O) groups excluding carboxylic acids is 1. The Bertz CT molecular complexity index is 1620. The fourth-order valence-corrected chi connectivity index (χ4v) is 12.4. The number of aliphatic hydroxyl groups is 8. The highest BCUT2D eigenvalue weighted by Crippen LogP contribution is 2.30. The van der Waals surface area contributed by atoms with Crippen molar-refractivity contribution in [3.05, 3.63) is 36.5 Å². The fraction of sp³-hybridized carbons (Fsp3) is 0.905. The minimum absolute atomic E-state index is 0.246. The van der Waals surface area contributed by atoms with Gasteiger partial charge in [-0.25, -0.2) is 0 Å². The van der Waals surface area contributed by atoms with Crippen LogP contribution >= 0.6 is 0 Å². The molecule has 1 amide bonds. The summed E-state index contributed by atoms with van der Waals surface area (Å²) in [6, 6.07) is -0.937. The first kappa shape index (κ1) is 82.3. The van der Waals surface area contributed by atoms with Crippen LogP contribution in [-0.4, -0.2) is 140 Å². The van der Waals surface area contributed by atoms with E-state index >= 15 is 0 Å². The third-order valence-corrected chi connectivity index (χ3v) is 18.3. The van der Waals surface area contributed by atoms with E-state index in [2.05, 4.69) is 43.5 Å². The van der Waals surface area contributed by atoms with Crippen LogP contribution in [0.1, 0.15) is 335 Å². The molecule has 2 aliphatic heterocycles. The highest BCUT2D eigenvalue weighted by molar-refractivity contribution is 5.76. The largest absolute Gasteiger partial charge is 0.394 e. The van der Waals surface area contributed by atoms with E-state index in [0.29, 0.717) is 12.8 Å². The van der Waals surface area contributed by atoms with Gasteiger partial charge in [-0.3, -0.25) is 4.79 Å². The van der Waals surface area contributed by atoms with Gasteiger partial charge in [-0.15, -0.1) is 0 Å². The summed E-state index contributed by atoms with van der Waals surface area (Å²) in [6.07, 6.45) is 59.3. The van der Waals surface area contributed by atoms with Gasteiger partial charge >= 0.3 is 0 Å². The molecule has 9 N–H and O–H groups in total. The van der Waals surface area contributed by atoms with Gasteiger partial charge in [-0.05, 0) is 44.9 Å². The molecular weight excluding hydrogens is 1110 g/mol. The summed E-state index contributed by atoms with van der Waals surface area (Å²) in [5.74, 6) is -0.246. The van der Waals surface area contributed by atoms with Crippen LogP contribution in [-0.2, 0) is 23.7 Å². The third kappa shape index (κ3) is 42.4. The molecule has 0 aliphatic carbocycles. The van der Waals surface area contributed by atoms with Gasteiger partial charge in [0, 0.05) is 6.42 Å². The summed E-state index contributed by atoms with van der Waals surface area (Å²) in [7, 11) is 0. The zero-order valence-corrected chi connectivity index (χ0v) is 56.5. The van der Waals surface area contributed by atoms with Crippen molar-refractivity contribution in [2.24, 2.45) is 0 Å². The van der Waals surface area contributed by atoms with Crippen LogP contribution in [0.3, 0.4) is 0 Å². The second kappa shape index (κ2) is 59.0. The van der Waals surface area contributed by atoms with Gasteiger partial charge in [0.1, 0.15) is 48.8 Å². The lowest BCUT2D eigenvalue weighted by Gasteiger charge is -2.46. The Labute approximate surface area is 538 Å². The Kier molecular flexibility index (Phi) is 55.2. The number of hydrogen-bond donors (Lipinski definition) is 9. The molecule has 12 unspecified atom stereocenters. The van der Waals surface area contributed by atoms with Gasteiger partial charge in [0.15, 0.2) is 12.6 Å². The first-order valence-electron chi connectivity index (χ1n) is 37.2. The second-order valence-corrected chi connectivity index (χ2v) is 26.4. The first-order chi connectivity index (χ1) is 43.1. The van der Waals surface area contributed by atoms with E-state index in [0.717, 1.165) is 44.9 Å². The van der Waals surface area contributed by atoms with E-state index in [1.54, 1.807) is 6.08 Å². The highest BCUT2D eigenvalue weighted by Gasteiger charge is 2.51. The lowest BCUT2D eigenvalue weighted by molar-refractivity contribution is -0.359. The lowest BCUT2D eigenvalue weighted by Crippen LogP contribution is -2.65. The molecule has 0 aromatic heterocycles. The molecule has 14 nitrogen and oxygen atoms in total.